The van der Waals surface area contributed by atoms with E-state index in [-0.39, 0.29) is 30.0 Å². The SMILES string of the molecule is CCN1CCC(CNC(=NC)NC(C)c2ccc(Cl)cc2Cl)C1.I. The molecule has 1 heterocycles. The lowest BCUT2D eigenvalue weighted by atomic mass is 10.1. The summed E-state index contributed by atoms with van der Waals surface area (Å²) in [7, 11) is 1.79. The number of hydrogen-bond acceptors (Lipinski definition) is 2. The van der Waals surface area contributed by atoms with Gasteiger partial charge in [-0.2, -0.15) is 0 Å². The molecule has 1 aromatic rings. The molecular weight excluding hydrogens is 458 g/mol. The van der Waals surface area contributed by atoms with E-state index in [9.17, 15) is 0 Å². The normalized spacial score (nSPS) is 19.7. The Balaban J connectivity index is 0.00000288. The summed E-state index contributed by atoms with van der Waals surface area (Å²) in [6.07, 6.45) is 1.25. The van der Waals surface area contributed by atoms with Crippen molar-refractivity contribution in [1.82, 2.24) is 15.5 Å². The zero-order valence-electron chi connectivity index (χ0n) is 14.5. The molecule has 0 saturated carbocycles. The first kappa shape index (κ1) is 21.8. The van der Waals surface area contributed by atoms with Crippen LogP contribution in [0.4, 0.5) is 0 Å². The number of hydrogen-bond donors (Lipinski definition) is 2. The fourth-order valence-corrected chi connectivity index (χ4v) is 3.51. The molecule has 0 radical (unpaired) electrons. The van der Waals surface area contributed by atoms with Crippen molar-refractivity contribution in [3.8, 4) is 0 Å². The molecule has 2 rings (SSSR count). The number of nitrogens with one attached hydrogen (secondary N) is 2. The molecule has 1 saturated heterocycles. The lowest BCUT2D eigenvalue weighted by Gasteiger charge is -2.21. The summed E-state index contributed by atoms with van der Waals surface area (Å²) in [4.78, 5) is 6.80. The summed E-state index contributed by atoms with van der Waals surface area (Å²) in [5, 5.41) is 8.14. The van der Waals surface area contributed by atoms with E-state index in [1.165, 1.54) is 19.5 Å². The van der Waals surface area contributed by atoms with Gasteiger partial charge in [0, 0.05) is 30.2 Å². The van der Waals surface area contributed by atoms with Gasteiger partial charge in [0.25, 0.3) is 0 Å². The van der Waals surface area contributed by atoms with Crippen LogP contribution in [0.1, 0.15) is 31.9 Å². The van der Waals surface area contributed by atoms with Crippen LogP contribution in [0.3, 0.4) is 0 Å². The minimum Gasteiger partial charge on any atom is -0.356 e. The maximum atomic E-state index is 6.27. The number of guanidine groups is 1. The Labute approximate surface area is 172 Å². The van der Waals surface area contributed by atoms with Crippen LogP contribution in [0.5, 0.6) is 0 Å². The van der Waals surface area contributed by atoms with Crippen molar-refractivity contribution in [3.05, 3.63) is 33.8 Å². The fraction of sp³-hybridized carbons (Fsp3) is 0.588. The van der Waals surface area contributed by atoms with E-state index in [1.807, 2.05) is 12.1 Å². The second-order valence-electron chi connectivity index (χ2n) is 6.03. The monoisotopic (exact) mass is 484 g/mol. The Morgan fingerprint density at radius 3 is 2.75 bits per heavy atom. The van der Waals surface area contributed by atoms with Gasteiger partial charge in [0.1, 0.15) is 0 Å². The van der Waals surface area contributed by atoms with Gasteiger partial charge in [-0.15, -0.1) is 24.0 Å². The molecule has 4 nitrogen and oxygen atoms in total. The Hall–Kier alpha value is -0.240. The van der Waals surface area contributed by atoms with Crippen LogP contribution in [-0.4, -0.2) is 44.1 Å². The molecule has 2 unspecified atom stereocenters. The van der Waals surface area contributed by atoms with Gasteiger partial charge < -0.3 is 15.5 Å². The standard InChI is InChI=1S/C17H26Cl2N4.HI/c1-4-23-8-7-13(11-23)10-21-17(20-3)22-12(2)15-6-5-14(18)9-16(15)19;/h5-6,9,12-13H,4,7-8,10-11H2,1-3H3,(H2,20,21,22);1H. The molecular formula is C17H27Cl2IN4. The largest absolute Gasteiger partial charge is 0.356 e. The average Bonchev–Trinajstić information content (AvgIpc) is 2.99. The topological polar surface area (TPSA) is 39.7 Å². The summed E-state index contributed by atoms with van der Waals surface area (Å²) in [5.41, 5.74) is 1.01. The average molecular weight is 485 g/mol. The fourth-order valence-electron chi connectivity index (χ4n) is 2.94. The molecule has 0 amide bonds. The zero-order chi connectivity index (χ0) is 16.8. The number of halogens is 3. The molecule has 2 atom stereocenters. The van der Waals surface area contributed by atoms with E-state index >= 15 is 0 Å². The molecule has 1 aromatic carbocycles. The molecule has 0 spiro atoms. The van der Waals surface area contributed by atoms with Crippen LogP contribution < -0.4 is 10.6 Å². The van der Waals surface area contributed by atoms with E-state index in [1.54, 1.807) is 13.1 Å². The minimum atomic E-state index is 0. The molecule has 136 valence electrons. The summed E-state index contributed by atoms with van der Waals surface area (Å²) < 4.78 is 0. The van der Waals surface area contributed by atoms with Gasteiger partial charge in [0.15, 0.2) is 5.96 Å². The van der Waals surface area contributed by atoms with Gasteiger partial charge >= 0.3 is 0 Å². The van der Waals surface area contributed by atoms with Crippen molar-refractivity contribution in [2.24, 2.45) is 10.9 Å². The number of likely N-dealkylation sites (tertiary alicyclic amines) is 1. The van der Waals surface area contributed by atoms with E-state index in [4.69, 9.17) is 23.2 Å². The van der Waals surface area contributed by atoms with Gasteiger partial charge in [-0.05, 0) is 50.0 Å². The Morgan fingerprint density at radius 1 is 1.42 bits per heavy atom. The van der Waals surface area contributed by atoms with Crippen molar-refractivity contribution in [1.29, 1.82) is 0 Å². The van der Waals surface area contributed by atoms with E-state index < -0.39 is 0 Å². The van der Waals surface area contributed by atoms with Gasteiger partial charge in [0.2, 0.25) is 0 Å². The van der Waals surface area contributed by atoms with Crippen molar-refractivity contribution < 1.29 is 0 Å². The van der Waals surface area contributed by atoms with Crippen molar-refractivity contribution in [2.75, 3.05) is 33.2 Å². The van der Waals surface area contributed by atoms with Crippen molar-refractivity contribution in [3.63, 3.8) is 0 Å². The Morgan fingerprint density at radius 2 is 2.17 bits per heavy atom. The second-order valence-corrected chi connectivity index (χ2v) is 6.88. The highest BCUT2D eigenvalue weighted by Gasteiger charge is 2.21. The third kappa shape index (κ3) is 6.24. The molecule has 2 N–H and O–H groups in total. The highest BCUT2D eigenvalue weighted by Crippen LogP contribution is 2.26. The van der Waals surface area contributed by atoms with Crippen LogP contribution in [0.25, 0.3) is 0 Å². The lowest BCUT2D eigenvalue weighted by molar-refractivity contribution is 0.341. The third-order valence-corrected chi connectivity index (χ3v) is 4.94. The molecule has 1 aliphatic heterocycles. The molecule has 7 heteroatoms. The zero-order valence-corrected chi connectivity index (χ0v) is 18.3. The van der Waals surface area contributed by atoms with Gasteiger partial charge in [-0.1, -0.05) is 36.2 Å². The number of aliphatic imine (C=N–C) groups is 1. The maximum absolute atomic E-state index is 6.27. The molecule has 24 heavy (non-hydrogen) atoms. The summed E-state index contributed by atoms with van der Waals surface area (Å²) >= 11 is 12.2. The lowest BCUT2D eigenvalue weighted by Crippen LogP contribution is -2.41. The second kappa shape index (κ2) is 10.7. The Kier molecular flexibility index (Phi) is 9.71. The van der Waals surface area contributed by atoms with E-state index in [2.05, 4.69) is 34.4 Å². The summed E-state index contributed by atoms with van der Waals surface area (Å²) in [6, 6.07) is 5.63. The van der Waals surface area contributed by atoms with Crippen LogP contribution in [0.15, 0.2) is 23.2 Å². The first-order valence-corrected chi connectivity index (χ1v) is 8.93. The molecule has 1 fully saturated rings. The molecule has 1 aliphatic rings. The number of rotatable bonds is 5. The number of nitrogens with zero attached hydrogens (tertiary/aromatic N) is 2. The summed E-state index contributed by atoms with van der Waals surface area (Å²) in [6.45, 7) is 8.72. The molecule has 0 bridgehead atoms. The first-order chi connectivity index (χ1) is 11.0. The predicted molar refractivity (Wildman–Crippen MR) is 115 cm³/mol. The molecule has 0 aliphatic carbocycles. The van der Waals surface area contributed by atoms with Crippen LogP contribution >= 0.6 is 47.2 Å². The van der Waals surface area contributed by atoms with Gasteiger partial charge in [0.05, 0.1) is 6.04 Å². The summed E-state index contributed by atoms with van der Waals surface area (Å²) in [5.74, 6) is 1.49. The van der Waals surface area contributed by atoms with Crippen molar-refractivity contribution >= 4 is 53.1 Å². The van der Waals surface area contributed by atoms with Crippen LogP contribution in [-0.2, 0) is 0 Å². The van der Waals surface area contributed by atoms with Crippen molar-refractivity contribution in [2.45, 2.75) is 26.3 Å². The highest BCUT2D eigenvalue weighted by molar-refractivity contribution is 14.0. The van der Waals surface area contributed by atoms with Crippen LogP contribution in [0, 0.1) is 5.92 Å². The third-order valence-electron chi connectivity index (χ3n) is 4.38. The van der Waals surface area contributed by atoms with Gasteiger partial charge in [-0.25, -0.2) is 0 Å². The van der Waals surface area contributed by atoms with E-state index in [0.717, 1.165) is 24.6 Å². The van der Waals surface area contributed by atoms with Gasteiger partial charge in [-0.3, -0.25) is 4.99 Å². The Bertz CT molecular complexity index is 553. The quantitative estimate of drug-likeness (QED) is 0.374. The van der Waals surface area contributed by atoms with E-state index in [0.29, 0.717) is 16.0 Å². The maximum Gasteiger partial charge on any atom is 0.191 e. The van der Waals surface area contributed by atoms with Crippen LogP contribution in [0.2, 0.25) is 10.0 Å². The first-order valence-electron chi connectivity index (χ1n) is 8.18. The minimum absolute atomic E-state index is 0. The smallest absolute Gasteiger partial charge is 0.191 e. The number of benzene rings is 1. The molecule has 0 aromatic heterocycles. The predicted octanol–water partition coefficient (Wildman–Crippen LogP) is 4.18. The highest BCUT2D eigenvalue weighted by atomic mass is 127.